The molecule has 4 aromatic rings. The Labute approximate surface area is 161 Å². The molecule has 3 heterocycles. The van der Waals surface area contributed by atoms with Gasteiger partial charge in [-0.05, 0) is 35.9 Å². The summed E-state index contributed by atoms with van der Waals surface area (Å²) < 4.78 is 3.31. The van der Waals surface area contributed by atoms with Gasteiger partial charge in [-0.15, -0.1) is 5.10 Å². The van der Waals surface area contributed by atoms with Crippen molar-refractivity contribution < 1.29 is 4.79 Å². The zero-order chi connectivity index (χ0) is 19.5. The van der Waals surface area contributed by atoms with E-state index in [2.05, 4.69) is 30.9 Å². The molecule has 0 unspecified atom stereocenters. The molecule has 1 amide bonds. The number of pyridine rings is 1. The van der Waals surface area contributed by atoms with E-state index in [1.54, 1.807) is 12.4 Å². The standard InChI is InChI=1S/C19H20N8O/c1-13(2)27-18-15(10-22-27)9-16(11-20-18)23-19(28)17(26-12-21-24-25-26)8-14-6-4-3-5-7-14/h3-7,9-13,17H,8H2,1-2H3,(H,23,28)/t17-/m1/s1. The number of benzene rings is 1. The maximum Gasteiger partial charge on any atom is 0.249 e. The van der Waals surface area contributed by atoms with Crippen molar-refractivity contribution in [3.05, 3.63) is 60.7 Å². The SMILES string of the molecule is CC(C)n1ncc2cc(NC(=O)[C@@H](Cc3ccccc3)n3cnnn3)cnc21. The zero-order valence-corrected chi connectivity index (χ0v) is 15.6. The highest BCUT2D eigenvalue weighted by atomic mass is 16.2. The summed E-state index contributed by atoms with van der Waals surface area (Å²) in [5, 5.41) is 19.4. The van der Waals surface area contributed by atoms with Crippen molar-refractivity contribution in [1.82, 2.24) is 35.0 Å². The number of rotatable bonds is 6. The second-order valence-electron chi connectivity index (χ2n) is 6.80. The number of hydrogen-bond acceptors (Lipinski definition) is 6. The van der Waals surface area contributed by atoms with E-state index in [4.69, 9.17) is 0 Å². The van der Waals surface area contributed by atoms with Gasteiger partial charge in [0.05, 0.1) is 18.1 Å². The van der Waals surface area contributed by atoms with Gasteiger partial charge in [0.2, 0.25) is 5.91 Å². The molecule has 3 aromatic heterocycles. The highest BCUT2D eigenvalue weighted by Crippen LogP contribution is 2.21. The molecule has 0 saturated carbocycles. The van der Waals surface area contributed by atoms with Crippen molar-refractivity contribution in [3.8, 4) is 0 Å². The molecule has 0 saturated heterocycles. The minimum Gasteiger partial charge on any atom is -0.323 e. The molecule has 1 aromatic carbocycles. The number of tetrazole rings is 1. The Kier molecular flexibility index (Phi) is 4.79. The average Bonchev–Trinajstić information content (AvgIpc) is 3.36. The molecule has 0 aliphatic heterocycles. The quantitative estimate of drug-likeness (QED) is 0.554. The van der Waals surface area contributed by atoms with Crippen LogP contribution in [0, 0.1) is 0 Å². The molecular weight excluding hydrogens is 356 g/mol. The first-order valence-corrected chi connectivity index (χ1v) is 9.02. The van der Waals surface area contributed by atoms with Gasteiger partial charge in [-0.1, -0.05) is 30.3 Å². The molecule has 1 atom stereocenters. The normalized spacial score (nSPS) is 12.4. The number of amides is 1. The summed E-state index contributed by atoms with van der Waals surface area (Å²) in [7, 11) is 0. The fourth-order valence-corrected chi connectivity index (χ4v) is 3.07. The number of carbonyl (C=O) groups is 1. The third kappa shape index (κ3) is 3.59. The van der Waals surface area contributed by atoms with Crippen LogP contribution in [0.5, 0.6) is 0 Å². The highest BCUT2D eigenvalue weighted by molar-refractivity contribution is 5.95. The van der Waals surface area contributed by atoms with Crippen LogP contribution in [0.1, 0.15) is 31.5 Å². The minimum absolute atomic E-state index is 0.209. The average molecular weight is 376 g/mol. The summed E-state index contributed by atoms with van der Waals surface area (Å²) in [6, 6.07) is 11.3. The monoisotopic (exact) mass is 376 g/mol. The summed E-state index contributed by atoms with van der Waals surface area (Å²) in [6.07, 6.45) is 5.31. The highest BCUT2D eigenvalue weighted by Gasteiger charge is 2.23. The molecular formula is C19H20N8O. The fraction of sp³-hybridized carbons (Fsp3) is 0.263. The van der Waals surface area contributed by atoms with Gasteiger partial charge < -0.3 is 5.32 Å². The third-order valence-corrected chi connectivity index (χ3v) is 4.45. The lowest BCUT2D eigenvalue weighted by Gasteiger charge is -2.16. The fourth-order valence-electron chi connectivity index (χ4n) is 3.07. The second-order valence-corrected chi connectivity index (χ2v) is 6.80. The lowest BCUT2D eigenvalue weighted by molar-refractivity contribution is -0.119. The molecule has 142 valence electrons. The molecule has 28 heavy (non-hydrogen) atoms. The molecule has 0 aliphatic carbocycles. The van der Waals surface area contributed by atoms with Crippen molar-refractivity contribution in [3.63, 3.8) is 0 Å². The summed E-state index contributed by atoms with van der Waals surface area (Å²) in [4.78, 5) is 17.4. The van der Waals surface area contributed by atoms with Gasteiger partial charge in [-0.2, -0.15) is 5.10 Å². The molecule has 0 radical (unpaired) electrons. The molecule has 0 spiro atoms. The van der Waals surface area contributed by atoms with E-state index in [0.29, 0.717) is 12.1 Å². The van der Waals surface area contributed by atoms with Gasteiger partial charge >= 0.3 is 0 Å². The Hall–Kier alpha value is -3.62. The van der Waals surface area contributed by atoms with Crippen molar-refractivity contribution in [2.24, 2.45) is 0 Å². The van der Waals surface area contributed by atoms with Gasteiger partial charge in [0, 0.05) is 17.8 Å². The Morgan fingerprint density at radius 1 is 1.18 bits per heavy atom. The zero-order valence-electron chi connectivity index (χ0n) is 15.6. The van der Waals surface area contributed by atoms with Crippen molar-refractivity contribution >= 4 is 22.6 Å². The third-order valence-electron chi connectivity index (χ3n) is 4.45. The van der Waals surface area contributed by atoms with Crippen LogP contribution >= 0.6 is 0 Å². The van der Waals surface area contributed by atoms with E-state index in [0.717, 1.165) is 16.6 Å². The minimum atomic E-state index is -0.577. The molecule has 9 nitrogen and oxygen atoms in total. The lowest BCUT2D eigenvalue weighted by Crippen LogP contribution is -2.28. The van der Waals surface area contributed by atoms with Crippen LogP contribution < -0.4 is 5.32 Å². The number of anilines is 1. The first-order valence-electron chi connectivity index (χ1n) is 9.02. The molecule has 1 N–H and O–H groups in total. The molecule has 9 heteroatoms. The number of hydrogen-bond donors (Lipinski definition) is 1. The van der Waals surface area contributed by atoms with E-state index in [1.807, 2.05) is 54.9 Å². The smallest absolute Gasteiger partial charge is 0.249 e. The van der Waals surface area contributed by atoms with Gasteiger partial charge in [0.1, 0.15) is 12.4 Å². The molecule has 0 aliphatic rings. The maximum absolute atomic E-state index is 13.0. The van der Waals surface area contributed by atoms with Crippen LogP contribution in [-0.2, 0) is 11.2 Å². The Bertz CT molecular complexity index is 1070. The second kappa shape index (κ2) is 7.55. The van der Waals surface area contributed by atoms with E-state index < -0.39 is 6.04 Å². The number of nitrogens with one attached hydrogen (secondary N) is 1. The van der Waals surface area contributed by atoms with E-state index in [-0.39, 0.29) is 11.9 Å². The van der Waals surface area contributed by atoms with Gasteiger partial charge in [0.25, 0.3) is 0 Å². The summed E-state index contributed by atoms with van der Waals surface area (Å²) in [5.74, 6) is -0.214. The first kappa shape index (κ1) is 17.8. The first-order chi connectivity index (χ1) is 13.6. The molecule has 0 fully saturated rings. The van der Waals surface area contributed by atoms with Gasteiger partial charge in [-0.25, -0.2) is 14.3 Å². The van der Waals surface area contributed by atoms with Crippen molar-refractivity contribution in [1.29, 1.82) is 0 Å². The van der Waals surface area contributed by atoms with Crippen molar-refractivity contribution in [2.75, 3.05) is 5.32 Å². The van der Waals surface area contributed by atoms with E-state index in [9.17, 15) is 4.79 Å². The predicted molar refractivity (Wildman–Crippen MR) is 104 cm³/mol. The van der Waals surface area contributed by atoms with Crippen LogP contribution in [0.25, 0.3) is 11.0 Å². The van der Waals surface area contributed by atoms with Crippen molar-refractivity contribution in [2.45, 2.75) is 32.4 Å². The van der Waals surface area contributed by atoms with Crippen LogP contribution in [0.4, 0.5) is 5.69 Å². The summed E-state index contributed by atoms with van der Waals surface area (Å²) in [6.45, 7) is 4.09. The maximum atomic E-state index is 13.0. The number of fused-ring (bicyclic) bond motifs is 1. The lowest BCUT2D eigenvalue weighted by atomic mass is 10.1. The Morgan fingerprint density at radius 3 is 2.71 bits per heavy atom. The van der Waals surface area contributed by atoms with Crippen LogP contribution in [0.3, 0.4) is 0 Å². The largest absolute Gasteiger partial charge is 0.323 e. The van der Waals surface area contributed by atoms with Gasteiger partial charge in [0.15, 0.2) is 5.65 Å². The summed E-state index contributed by atoms with van der Waals surface area (Å²) in [5.41, 5.74) is 2.41. The number of carbonyl (C=O) groups excluding carboxylic acids is 1. The van der Waals surface area contributed by atoms with Crippen LogP contribution in [0.15, 0.2) is 55.1 Å². The summed E-state index contributed by atoms with van der Waals surface area (Å²) >= 11 is 0. The number of nitrogens with zero attached hydrogens (tertiary/aromatic N) is 7. The Morgan fingerprint density at radius 2 is 2.00 bits per heavy atom. The number of aromatic nitrogens is 7. The molecule has 0 bridgehead atoms. The van der Waals surface area contributed by atoms with E-state index in [1.165, 1.54) is 11.0 Å². The molecule has 4 rings (SSSR count). The van der Waals surface area contributed by atoms with Crippen LogP contribution in [-0.4, -0.2) is 40.9 Å². The Balaban J connectivity index is 1.58. The predicted octanol–water partition coefficient (Wildman–Crippen LogP) is 2.42. The van der Waals surface area contributed by atoms with Gasteiger partial charge in [-0.3, -0.25) is 4.79 Å². The topological polar surface area (TPSA) is 103 Å². The van der Waals surface area contributed by atoms with Crippen LogP contribution in [0.2, 0.25) is 0 Å². The van der Waals surface area contributed by atoms with E-state index >= 15 is 0 Å².